The Labute approximate surface area is 97.8 Å². The summed E-state index contributed by atoms with van der Waals surface area (Å²) in [5.74, 6) is -1.62. The van der Waals surface area contributed by atoms with Gasteiger partial charge in [-0.2, -0.15) is 0 Å². The van der Waals surface area contributed by atoms with Crippen molar-refractivity contribution in [2.75, 3.05) is 14.2 Å². The van der Waals surface area contributed by atoms with Crippen LogP contribution in [0.25, 0.3) is 0 Å². The molecule has 8 heteroatoms. The molecule has 1 aromatic rings. The third kappa shape index (κ3) is 2.99. The van der Waals surface area contributed by atoms with Gasteiger partial charge in [-0.05, 0) is 18.2 Å². The van der Waals surface area contributed by atoms with Crippen LogP contribution in [0.15, 0.2) is 23.1 Å². The second-order valence-corrected chi connectivity index (χ2v) is 4.71. The van der Waals surface area contributed by atoms with Crippen molar-refractivity contribution in [1.29, 1.82) is 0 Å². The van der Waals surface area contributed by atoms with E-state index in [1.165, 1.54) is 14.2 Å². The lowest BCUT2D eigenvalue weighted by atomic mass is 10.2. The number of primary sulfonamides is 1. The number of carbonyl (C=O) groups excluding carboxylic acids is 1. The second kappa shape index (κ2) is 4.78. The average molecular weight is 262 g/mol. The summed E-state index contributed by atoms with van der Waals surface area (Å²) in [5, 5.41) is 5.69. The zero-order valence-corrected chi connectivity index (χ0v) is 9.99. The molecule has 0 spiro atoms. The molecule has 0 bridgehead atoms. The van der Waals surface area contributed by atoms with Crippen LogP contribution >= 0.6 is 0 Å². The van der Waals surface area contributed by atoms with Crippen LogP contribution in [0.3, 0.4) is 0 Å². The van der Waals surface area contributed by atoms with Gasteiger partial charge in [-0.1, -0.05) is 0 Å². The third-order valence-electron chi connectivity index (χ3n) is 2.04. The van der Waals surface area contributed by atoms with Crippen molar-refractivity contribution >= 4 is 15.9 Å². The van der Waals surface area contributed by atoms with E-state index in [0.717, 1.165) is 23.3 Å². The first-order valence-electron chi connectivity index (χ1n) is 4.42. The van der Waals surface area contributed by atoms with E-state index < -0.39 is 26.6 Å². The Bertz CT molecular complexity index is 544. The summed E-state index contributed by atoms with van der Waals surface area (Å²) in [6.45, 7) is 0. The zero-order valence-electron chi connectivity index (χ0n) is 9.18. The molecule has 1 rings (SSSR count). The van der Waals surface area contributed by atoms with Crippen molar-refractivity contribution < 1.29 is 22.4 Å². The Balaban J connectivity index is 3.27. The maximum Gasteiger partial charge on any atom is 0.277 e. The molecule has 17 heavy (non-hydrogen) atoms. The fourth-order valence-electron chi connectivity index (χ4n) is 1.12. The molecular weight excluding hydrogens is 251 g/mol. The van der Waals surface area contributed by atoms with Crippen molar-refractivity contribution in [3.8, 4) is 0 Å². The Morgan fingerprint density at radius 3 is 2.53 bits per heavy atom. The SMILES string of the molecule is CON(C)C(=O)c1ccc(F)c(S(N)(=O)=O)c1. The lowest BCUT2D eigenvalue weighted by Gasteiger charge is -2.14. The molecule has 0 unspecified atom stereocenters. The van der Waals surface area contributed by atoms with E-state index in [9.17, 15) is 17.6 Å². The van der Waals surface area contributed by atoms with E-state index in [1.807, 2.05) is 0 Å². The van der Waals surface area contributed by atoms with Crippen LogP contribution in [-0.4, -0.2) is 33.5 Å². The molecule has 1 amide bonds. The van der Waals surface area contributed by atoms with Gasteiger partial charge in [0.1, 0.15) is 10.7 Å². The van der Waals surface area contributed by atoms with Crippen LogP contribution in [0.1, 0.15) is 10.4 Å². The zero-order chi connectivity index (χ0) is 13.2. The van der Waals surface area contributed by atoms with Crippen LogP contribution in [0.4, 0.5) is 4.39 Å². The molecule has 94 valence electrons. The Kier molecular flexibility index (Phi) is 3.81. The smallest absolute Gasteiger partial charge is 0.274 e. The highest BCUT2D eigenvalue weighted by atomic mass is 32.2. The maximum atomic E-state index is 13.2. The van der Waals surface area contributed by atoms with Gasteiger partial charge in [-0.3, -0.25) is 9.63 Å². The number of carbonyl (C=O) groups is 1. The van der Waals surface area contributed by atoms with Crippen molar-refractivity contribution in [2.45, 2.75) is 4.90 Å². The van der Waals surface area contributed by atoms with Gasteiger partial charge in [0.25, 0.3) is 5.91 Å². The van der Waals surface area contributed by atoms with E-state index >= 15 is 0 Å². The molecule has 6 nitrogen and oxygen atoms in total. The van der Waals surface area contributed by atoms with Gasteiger partial charge in [0.15, 0.2) is 0 Å². The summed E-state index contributed by atoms with van der Waals surface area (Å²) in [5.41, 5.74) is -0.0419. The lowest BCUT2D eigenvalue weighted by Crippen LogP contribution is -2.26. The fourth-order valence-corrected chi connectivity index (χ4v) is 1.75. The highest BCUT2D eigenvalue weighted by Gasteiger charge is 2.19. The first-order chi connectivity index (χ1) is 7.77. The number of halogens is 1. The van der Waals surface area contributed by atoms with Gasteiger partial charge in [0.05, 0.1) is 7.11 Å². The highest BCUT2D eigenvalue weighted by Crippen LogP contribution is 2.16. The van der Waals surface area contributed by atoms with Crippen LogP contribution in [0, 0.1) is 5.82 Å². The normalized spacial score (nSPS) is 11.3. The quantitative estimate of drug-likeness (QED) is 0.783. The Morgan fingerprint density at radius 2 is 2.06 bits per heavy atom. The summed E-state index contributed by atoms with van der Waals surface area (Å²) >= 11 is 0. The minimum absolute atomic E-state index is 0.0419. The van der Waals surface area contributed by atoms with Gasteiger partial charge in [-0.15, -0.1) is 0 Å². The maximum absolute atomic E-state index is 13.2. The average Bonchev–Trinajstić information content (AvgIpc) is 2.26. The first-order valence-corrected chi connectivity index (χ1v) is 5.96. The summed E-state index contributed by atoms with van der Waals surface area (Å²) in [7, 11) is -1.61. The second-order valence-electron chi connectivity index (χ2n) is 3.18. The highest BCUT2D eigenvalue weighted by molar-refractivity contribution is 7.89. The molecule has 0 radical (unpaired) electrons. The molecule has 0 aromatic heterocycles. The summed E-state index contributed by atoms with van der Waals surface area (Å²) in [6.07, 6.45) is 0. The summed E-state index contributed by atoms with van der Waals surface area (Å²) < 4.78 is 35.3. The summed E-state index contributed by atoms with van der Waals surface area (Å²) in [4.78, 5) is 15.5. The number of hydrogen-bond acceptors (Lipinski definition) is 4. The minimum Gasteiger partial charge on any atom is -0.274 e. The lowest BCUT2D eigenvalue weighted by molar-refractivity contribution is -0.0757. The van der Waals surface area contributed by atoms with Gasteiger partial charge in [0, 0.05) is 12.6 Å². The number of benzene rings is 1. The molecule has 1 aromatic carbocycles. The van der Waals surface area contributed by atoms with Gasteiger partial charge in [-0.25, -0.2) is 23.0 Å². The molecule has 2 N–H and O–H groups in total. The molecule has 0 saturated heterocycles. The van der Waals surface area contributed by atoms with E-state index in [2.05, 4.69) is 4.84 Å². The molecule has 0 fully saturated rings. The molecular formula is C9H11FN2O4S. The number of nitrogens with zero attached hydrogens (tertiary/aromatic N) is 1. The Morgan fingerprint density at radius 1 is 1.47 bits per heavy atom. The van der Waals surface area contributed by atoms with Crippen LogP contribution in [0.2, 0.25) is 0 Å². The number of sulfonamides is 1. The van der Waals surface area contributed by atoms with E-state index in [1.54, 1.807) is 0 Å². The predicted molar refractivity (Wildman–Crippen MR) is 56.9 cm³/mol. The standard InChI is InChI=1S/C9H11FN2O4S/c1-12(16-2)9(13)6-3-4-7(10)8(5-6)17(11,14)15/h3-5H,1-2H3,(H2,11,14,15). The van der Waals surface area contributed by atoms with E-state index in [4.69, 9.17) is 5.14 Å². The topological polar surface area (TPSA) is 89.7 Å². The van der Waals surface area contributed by atoms with Gasteiger partial charge in [0.2, 0.25) is 10.0 Å². The molecule has 0 aliphatic rings. The van der Waals surface area contributed by atoms with Crippen molar-refractivity contribution in [1.82, 2.24) is 5.06 Å². The number of nitrogens with two attached hydrogens (primary N) is 1. The monoisotopic (exact) mass is 262 g/mol. The number of hydrogen-bond donors (Lipinski definition) is 1. The van der Waals surface area contributed by atoms with Crippen LogP contribution < -0.4 is 5.14 Å². The van der Waals surface area contributed by atoms with E-state index in [-0.39, 0.29) is 5.56 Å². The Hall–Kier alpha value is -1.51. The third-order valence-corrected chi connectivity index (χ3v) is 2.97. The molecule has 0 saturated carbocycles. The van der Waals surface area contributed by atoms with Crippen molar-refractivity contribution in [3.05, 3.63) is 29.6 Å². The number of hydroxylamine groups is 2. The van der Waals surface area contributed by atoms with Gasteiger partial charge >= 0.3 is 0 Å². The van der Waals surface area contributed by atoms with Crippen LogP contribution in [0.5, 0.6) is 0 Å². The molecule has 0 aliphatic heterocycles. The number of rotatable bonds is 3. The van der Waals surface area contributed by atoms with E-state index in [0.29, 0.717) is 0 Å². The minimum atomic E-state index is -4.21. The van der Waals surface area contributed by atoms with Crippen LogP contribution in [-0.2, 0) is 14.9 Å². The van der Waals surface area contributed by atoms with Crippen molar-refractivity contribution in [2.24, 2.45) is 5.14 Å². The number of amides is 1. The fraction of sp³-hybridized carbons (Fsp3) is 0.222. The van der Waals surface area contributed by atoms with Gasteiger partial charge < -0.3 is 0 Å². The predicted octanol–water partition coefficient (Wildman–Crippen LogP) is 0.107. The first kappa shape index (κ1) is 13.6. The molecule has 0 heterocycles. The largest absolute Gasteiger partial charge is 0.277 e. The van der Waals surface area contributed by atoms with Crippen molar-refractivity contribution in [3.63, 3.8) is 0 Å². The molecule has 0 aliphatic carbocycles. The summed E-state index contributed by atoms with van der Waals surface area (Å²) in [6, 6.07) is 2.86. The molecule has 0 atom stereocenters.